The summed E-state index contributed by atoms with van der Waals surface area (Å²) in [7, 11) is 0. The van der Waals surface area contributed by atoms with Crippen molar-refractivity contribution >= 4 is 0 Å². The highest BCUT2D eigenvalue weighted by Gasteiger charge is 2.38. The molecule has 2 aliphatic rings. The van der Waals surface area contributed by atoms with Crippen LogP contribution in [0.2, 0.25) is 0 Å². The quantitative estimate of drug-likeness (QED) is 0.694. The number of hydrogen-bond donors (Lipinski definition) is 0. The van der Waals surface area contributed by atoms with Crippen LogP contribution in [-0.4, -0.2) is 61.3 Å². The van der Waals surface area contributed by atoms with Gasteiger partial charge >= 0.3 is 0 Å². The second-order valence-electron chi connectivity index (χ2n) is 5.40. The minimum absolute atomic E-state index is 0.158. The van der Waals surface area contributed by atoms with E-state index in [1.165, 1.54) is 25.8 Å². The number of hydrogen-bond acceptors (Lipinski definition) is 3. The van der Waals surface area contributed by atoms with E-state index in [0.29, 0.717) is 0 Å². The molecule has 0 radical (unpaired) electrons. The first-order chi connectivity index (χ1) is 8.28. The van der Waals surface area contributed by atoms with Gasteiger partial charge < -0.3 is 4.74 Å². The molecule has 2 rings (SSSR count). The molecule has 0 amide bonds. The zero-order chi connectivity index (χ0) is 12.1. The van der Waals surface area contributed by atoms with Crippen LogP contribution in [0.15, 0.2) is 12.7 Å². The van der Waals surface area contributed by atoms with Crippen molar-refractivity contribution in [2.24, 2.45) is 0 Å². The summed E-state index contributed by atoms with van der Waals surface area (Å²) in [5.74, 6) is 0. The van der Waals surface area contributed by atoms with Crippen LogP contribution in [-0.2, 0) is 4.74 Å². The average Bonchev–Trinajstić information content (AvgIpc) is 2.34. The predicted octanol–water partition coefficient (Wildman–Crippen LogP) is 1.75. The maximum Gasteiger partial charge on any atom is 0.0833 e. The minimum atomic E-state index is 0.158. The second kappa shape index (κ2) is 5.98. The number of piperidine rings is 1. The summed E-state index contributed by atoms with van der Waals surface area (Å²) in [5, 5.41) is 0. The van der Waals surface area contributed by atoms with Gasteiger partial charge in [-0.1, -0.05) is 13.0 Å². The predicted molar refractivity (Wildman–Crippen MR) is 71.3 cm³/mol. The summed E-state index contributed by atoms with van der Waals surface area (Å²) in [6, 6.07) is 0. The molecule has 0 bridgehead atoms. The lowest BCUT2D eigenvalue weighted by Crippen LogP contribution is -2.56. The van der Waals surface area contributed by atoms with Crippen molar-refractivity contribution in [2.45, 2.75) is 31.8 Å². The Bertz CT molecular complexity index is 245. The van der Waals surface area contributed by atoms with Crippen LogP contribution < -0.4 is 0 Å². The van der Waals surface area contributed by atoms with Crippen molar-refractivity contribution in [3.05, 3.63) is 12.7 Å². The van der Waals surface area contributed by atoms with Crippen LogP contribution in [0.3, 0.4) is 0 Å². The maximum atomic E-state index is 6.12. The van der Waals surface area contributed by atoms with Crippen molar-refractivity contribution in [2.75, 3.05) is 45.9 Å². The number of ether oxygens (including phenoxy) is 1. The van der Waals surface area contributed by atoms with E-state index in [9.17, 15) is 0 Å². The molecule has 0 aromatic carbocycles. The van der Waals surface area contributed by atoms with Crippen LogP contribution >= 0.6 is 0 Å². The Balaban J connectivity index is 1.85. The summed E-state index contributed by atoms with van der Waals surface area (Å²) in [6.07, 6.45) is 5.61. The number of likely N-dealkylation sites (tertiary alicyclic amines) is 1. The first kappa shape index (κ1) is 13.1. The van der Waals surface area contributed by atoms with Crippen LogP contribution in [0.5, 0.6) is 0 Å². The summed E-state index contributed by atoms with van der Waals surface area (Å²) < 4.78 is 6.12. The van der Waals surface area contributed by atoms with E-state index in [1.807, 2.05) is 6.08 Å². The van der Waals surface area contributed by atoms with Crippen molar-refractivity contribution in [1.82, 2.24) is 9.80 Å². The Labute approximate surface area is 105 Å². The summed E-state index contributed by atoms with van der Waals surface area (Å²) in [4.78, 5) is 5.05. The first-order valence-electron chi connectivity index (χ1n) is 6.97. The van der Waals surface area contributed by atoms with E-state index in [4.69, 9.17) is 4.74 Å². The Kier molecular flexibility index (Phi) is 4.60. The molecule has 1 spiro atoms. The molecule has 0 aliphatic carbocycles. The van der Waals surface area contributed by atoms with Gasteiger partial charge in [-0.05, 0) is 25.8 Å². The topological polar surface area (TPSA) is 15.7 Å². The summed E-state index contributed by atoms with van der Waals surface area (Å²) >= 11 is 0. The van der Waals surface area contributed by atoms with Gasteiger partial charge in [-0.3, -0.25) is 9.80 Å². The van der Waals surface area contributed by atoms with Gasteiger partial charge in [0.2, 0.25) is 0 Å². The van der Waals surface area contributed by atoms with Crippen LogP contribution in [0.4, 0.5) is 0 Å². The molecular formula is C14H26N2O. The summed E-state index contributed by atoms with van der Waals surface area (Å²) in [6.45, 7) is 13.8. The van der Waals surface area contributed by atoms with Gasteiger partial charge in [0, 0.05) is 32.7 Å². The van der Waals surface area contributed by atoms with Crippen molar-refractivity contribution in [3.63, 3.8) is 0 Å². The fourth-order valence-electron chi connectivity index (χ4n) is 3.06. The fraction of sp³-hybridized carbons (Fsp3) is 0.857. The lowest BCUT2D eigenvalue weighted by atomic mass is 9.89. The van der Waals surface area contributed by atoms with E-state index < -0.39 is 0 Å². The lowest BCUT2D eigenvalue weighted by Gasteiger charge is -2.47. The van der Waals surface area contributed by atoms with Gasteiger partial charge in [0.1, 0.15) is 0 Å². The fourth-order valence-corrected chi connectivity index (χ4v) is 3.06. The van der Waals surface area contributed by atoms with Crippen LogP contribution in [0.1, 0.15) is 26.2 Å². The van der Waals surface area contributed by atoms with Gasteiger partial charge in [0.15, 0.2) is 0 Å². The second-order valence-corrected chi connectivity index (χ2v) is 5.40. The van der Waals surface area contributed by atoms with Crippen molar-refractivity contribution in [1.29, 1.82) is 0 Å². The number of morpholine rings is 1. The molecule has 2 heterocycles. The van der Waals surface area contributed by atoms with Crippen molar-refractivity contribution in [3.8, 4) is 0 Å². The molecule has 0 saturated carbocycles. The Morgan fingerprint density at radius 3 is 2.65 bits per heavy atom. The van der Waals surface area contributed by atoms with Crippen LogP contribution in [0, 0.1) is 0 Å². The van der Waals surface area contributed by atoms with E-state index in [0.717, 1.165) is 39.3 Å². The van der Waals surface area contributed by atoms with E-state index in [2.05, 4.69) is 23.3 Å². The zero-order valence-electron chi connectivity index (χ0n) is 11.2. The Hall–Kier alpha value is -0.380. The largest absolute Gasteiger partial charge is 0.372 e. The Morgan fingerprint density at radius 2 is 2.00 bits per heavy atom. The molecule has 17 heavy (non-hydrogen) atoms. The summed E-state index contributed by atoms with van der Waals surface area (Å²) in [5.41, 5.74) is 0.158. The number of rotatable bonds is 4. The molecule has 0 atom stereocenters. The SMILES string of the molecule is C=CCN1CCC2(CC1)CN(CCC)CCO2. The normalized spacial score (nSPS) is 26.2. The molecule has 98 valence electrons. The maximum absolute atomic E-state index is 6.12. The molecule has 3 heteroatoms. The molecule has 0 aromatic heterocycles. The van der Waals surface area contributed by atoms with Gasteiger partial charge in [-0.15, -0.1) is 6.58 Å². The standard InChI is InChI=1S/C14H26N2O/c1-3-7-15-9-5-14(6-10-15)13-16(8-4-2)11-12-17-14/h3H,1,4-13H2,2H3. The third kappa shape index (κ3) is 3.30. The van der Waals surface area contributed by atoms with Crippen molar-refractivity contribution < 1.29 is 4.74 Å². The lowest BCUT2D eigenvalue weighted by molar-refractivity contribution is -0.134. The molecule has 2 saturated heterocycles. The molecule has 2 aliphatic heterocycles. The zero-order valence-corrected chi connectivity index (χ0v) is 11.2. The highest BCUT2D eigenvalue weighted by atomic mass is 16.5. The molecule has 0 unspecified atom stereocenters. The molecular weight excluding hydrogens is 212 g/mol. The molecule has 0 N–H and O–H groups in total. The monoisotopic (exact) mass is 238 g/mol. The Morgan fingerprint density at radius 1 is 1.24 bits per heavy atom. The third-order valence-electron chi connectivity index (χ3n) is 4.02. The van der Waals surface area contributed by atoms with E-state index >= 15 is 0 Å². The minimum Gasteiger partial charge on any atom is -0.372 e. The average molecular weight is 238 g/mol. The highest BCUT2D eigenvalue weighted by Crippen LogP contribution is 2.30. The van der Waals surface area contributed by atoms with E-state index in [-0.39, 0.29) is 5.60 Å². The smallest absolute Gasteiger partial charge is 0.0833 e. The number of nitrogens with zero attached hydrogens (tertiary/aromatic N) is 2. The van der Waals surface area contributed by atoms with E-state index in [1.54, 1.807) is 0 Å². The van der Waals surface area contributed by atoms with Crippen LogP contribution in [0.25, 0.3) is 0 Å². The van der Waals surface area contributed by atoms with Gasteiger partial charge in [0.05, 0.1) is 12.2 Å². The molecule has 0 aromatic rings. The highest BCUT2D eigenvalue weighted by molar-refractivity contribution is 4.93. The van der Waals surface area contributed by atoms with Gasteiger partial charge in [-0.25, -0.2) is 0 Å². The third-order valence-corrected chi connectivity index (χ3v) is 4.02. The first-order valence-corrected chi connectivity index (χ1v) is 6.97. The molecule has 3 nitrogen and oxygen atoms in total. The molecule has 2 fully saturated rings. The van der Waals surface area contributed by atoms with Gasteiger partial charge in [0.25, 0.3) is 0 Å². The van der Waals surface area contributed by atoms with Gasteiger partial charge in [-0.2, -0.15) is 0 Å².